The Kier molecular flexibility index (Phi) is 6.77. The minimum atomic E-state index is -0.633. The molecule has 1 aliphatic heterocycles. The molecule has 216 valence electrons. The lowest BCUT2D eigenvalue weighted by Gasteiger charge is -2.17. The Bertz CT molecular complexity index is 1980. The van der Waals surface area contributed by atoms with Crippen LogP contribution in [-0.4, -0.2) is 35.7 Å². The van der Waals surface area contributed by atoms with Gasteiger partial charge in [0.1, 0.15) is 28.9 Å². The van der Waals surface area contributed by atoms with Gasteiger partial charge in [0.05, 0.1) is 18.3 Å². The Hall–Kier alpha value is -5.19. The number of ether oxygens (including phenoxy) is 1. The van der Waals surface area contributed by atoms with Crippen molar-refractivity contribution in [2.75, 3.05) is 0 Å². The highest BCUT2D eigenvalue weighted by Crippen LogP contribution is 2.37. The number of carbonyl (C=O) groups is 1. The highest BCUT2D eigenvalue weighted by Gasteiger charge is 2.23. The first-order valence-electron chi connectivity index (χ1n) is 13.9. The van der Waals surface area contributed by atoms with E-state index in [9.17, 15) is 9.18 Å². The van der Waals surface area contributed by atoms with Crippen molar-refractivity contribution in [1.82, 2.24) is 29.9 Å². The Morgan fingerprint density at radius 2 is 1.86 bits per heavy atom. The molecule has 7 rings (SSSR count). The van der Waals surface area contributed by atoms with Crippen LogP contribution in [0.5, 0.6) is 11.5 Å². The Morgan fingerprint density at radius 1 is 0.977 bits per heavy atom. The first-order chi connectivity index (χ1) is 20.9. The van der Waals surface area contributed by atoms with Crippen LogP contribution in [0.4, 0.5) is 13.2 Å². The third kappa shape index (κ3) is 5.07. The summed E-state index contributed by atoms with van der Waals surface area (Å²) in [5, 5.41) is 8.88. The molecule has 2 N–H and O–H groups in total. The molecule has 6 bridgehead atoms. The van der Waals surface area contributed by atoms with Crippen molar-refractivity contribution in [2.24, 2.45) is 0 Å². The number of imidazole rings is 1. The predicted molar refractivity (Wildman–Crippen MR) is 152 cm³/mol. The van der Waals surface area contributed by atoms with Crippen molar-refractivity contribution in [1.29, 1.82) is 0 Å². The molecule has 0 saturated heterocycles. The quantitative estimate of drug-likeness (QED) is 0.212. The van der Waals surface area contributed by atoms with Gasteiger partial charge in [-0.3, -0.25) is 4.79 Å². The van der Waals surface area contributed by atoms with Crippen LogP contribution in [0.25, 0.3) is 22.3 Å². The van der Waals surface area contributed by atoms with Crippen LogP contribution < -0.4 is 4.74 Å². The molecule has 11 heteroatoms. The maximum atomic E-state index is 15.5. The average molecular weight is 583 g/mol. The number of carbonyl (C=O) groups excluding carboxylic acids is 1. The lowest BCUT2D eigenvalue weighted by Crippen LogP contribution is -2.06. The molecule has 1 atom stereocenters. The van der Waals surface area contributed by atoms with Crippen molar-refractivity contribution >= 4 is 16.7 Å². The Balaban J connectivity index is 1.35. The number of H-pyrrole nitrogens is 2. The number of ketones is 1. The fourth-order valence-corrected chi connectivity index (χ4v) is 5.67. The van der Waals surface area contributed by atoms with E-state index >= 15 is 8.78 Å². The number of rotatable bonds is 1. The lowest BCUT2D eigenvalue weighted by molar-refractivity contribution is 0.0974. The minimum Gasteiger partial charge on any atom is -0.454 e. The summed E-state index contributed by atoms with van der Waals surface area (Å²) in [6, 6.07) is 13.7. The van der Waals surface area contributed by atoms with Crippen molar-refractivity contribution < 1.29 is 22.7 Å². The lowest BCUT2D eigenvalue weighted by atomic mass is 9.90. The Morgan fingerprint density at radius 3 is 2.74 bits per heavy atom. The number of Topliss-reactive ketones (excluding diaryl/α,β-unsaturated/α-hetero) is 1. The van der Waals surface area contributed by atoms with E-state index in [1.807, 2.05) is 0 Å². The van der Waals surface area contributed by atoms with Gasteiger partial charge >= 0.3 is 0 Å². The maximum Gasteiger partial charge on any atom is 0.184 e. The first-order valence-corrected chi connectivity index (χ1v) is 13.9. The van der Waals surface area contributed by atoms with Crippen LogP contribution in [0.1, 0.15) is 58.9 Å². The molecule has 3 aromatic heterocycles. The molecule has 0 radical (unpaired) electrons. The number of benzene rings is 3. The highest BCUT2D eigenvalue weighted by atomic mass is 19.1. The smallest absolute Gasteiger partial charge is 0.184 e. The normalized spacial score (nSPS) is 15.8. The molecule has 1 aliphatic rings. The minimum absolute atomic E-state index is 0.0642. The SMILES string of the molecule is O=C1CCCCC(c2ccccc2F)c2cnc([nH]2)-c2cc(ccc2F)Oc2c(F)cc3[nH]ccc3c2Cn2cc1nn2. The molecule has 1 unspecified atom stereocenters. The van der Waals surface area contributed by atoms with Gasteiger partial charge in [-0.15, -0.1) is 5.10 Å². The number of halogens is 3. The largest absolute Gasteiger partial charge is 0.454 e. The molecule has 3 aromatic carbocycles. The van der Waals surface area contributed by atoms with Gasteiger partial charge in [0.25, 0.3) is 0 Å². The van der Waals surface area contributed by atoms with E-state index in [0.29, 0.717) is 47.0 Å². The third-order valence-electron chi connectivity index (χ3n) is 7.82. The molecule has 0 spiro atoms. The number of aromatic amines is 2. The van der Waals surface area contributed by atoms with Crippen LogP contribution in [0.15, 0.2) is 73.2 Å². The molecule has 0 saturated carbocycles. The summed E-state index contributed by atoms with van der Waals surface area (Å²) in [7, 11) is 0. The van der Waals surface area contributed by atoms with Gasteiger partial charge in [-0.25, -0.2) is 22.8 Å². The molecular formula is C32H25F3N6O2. The first kappa shape index (κ1) is 26.7. The predicted octanol–water partition coefficient (Wildman–Crippen LogP) is 7.30. The average Bonchev–Trinajstić information content (AvgIpc) is 3.77. The summed E-state index contributed by atoms with van der Waals surface area (Å²) in [5.74, 6) is -1.80. The number of fused-ring (bicyclic) bond motifs is 10. The third-order valence-corrected chi connectivity index (χ3v) is 7.82. The molecule has 43 heavy (non-hydrogen) atoms. The van der Waals surface area contributed by atoms with Gasteiger partial charge in [0.15, 0.2) is 17.3 Å². The molecule has 0 amide bonds. The van der Waals surface area contributed by atoms with E-state index in [2.05, 4.69) is 25.3 Å². The maximum absolute atomic E-state index is 15.5. The fourth-order valence-electron chi connectivity index (χ4n) is 5.67. The van der Waals surface area contributed by atoms with Gasteiger partial charge in [-0.1, -0.05) is 29.8 Å². The zero-order valence-electron chi connectivity index (χ0n) is 22.8. The van der Waals surface area contributed by atoms with E-state index in [1.165, 1.54) is 41.2 Å². The Labute approximate surface area is 243 Å². The van der Waals surface area contributed by atoms with Crippen molar-refractivity contribution in [2.45, 2.75) is 38.1 Å². The van der Waals surface area contributed by atoms with Crippen LogP contribution in [-0.2, 0) is 6.54 Å². The van der Waals surface area contributed by atoms with Gasteiger partial charge in [0.2, 0.25) is 0 Å². The van der Waals surface area contributed by atoms with Gasteiger partial charge < -0.3 is 14.7 Å². The van der Waals surface area contributed by atoms with Crippen LogP contribution in [0, 0.1) is 17.5 Å². The number of hydrogen-bond donors (Lipinski definition) is 2. The summed E-state index contributed by atoms with van der Waals surface area (Å²) < 4.78 is 53.1. The number of hydrogen-bond acceptors (Lipinski definition) is 5. The van der Waals surface area contributed by atoms with Crippen LogP contribution in [0.3, 0.4) is 0 Å². The zero-order valence-corrected chi connectivity index (χ0v) is 22.8. The monoisotopic (exact) mass is 582 g/mol. The van der Waals surface area contributed by atoms with Crippen molar-refractivity contribution in [3.05, 3.63) is 113 Å². The summed E-state index contributed by atoms with van der Waals surface area (Å²) in [6.45, 7) is 0.0711. The number of nitrogens with one attached hydrogen (secondary N) is 2. The molecule has 6 aromatic rings. The molecule has 0 aliphatic carbocycles. The zero-order chi connectivity index (χ0) is 29.5. The topological polar surface area (TPSA) is 101 Å². The molecule has 4 heterocycles. The van der Waals surface area contributed by atoms with Crippen molar-refractivity contribution in [3.8, 4) is 22.9 Å². The fraction of sp³-hybridized carbons (Fsp3) is 0.188. The number of nitrogens with zero attached hydrogens (tertiary/aromatic N) is 4. The van der Waals surface area contributed by atoms with Crippen LogP contribution in [0.2, 0.25) is 0 Å². The van der Waals surface area contributed by atoms with Gasteiger partial charge in [0, 0.05) is 53.0 Å². The second-order valence-electron chi connectivity index (χ2n) is 10.6. The van der Waals surface area contributed by atoms with E-state index < -0.39 is 17.6 Å². The van der Waals surface area contributed by atoms with Gasteiger partial charge in [-0.2, -0.15) is 0 Å². The summed E-state index contributed by atoms with van der Waals surface area (Å²) in [4.78, 5) is 23.6. The summed E-state index contributed by atoms with van der Waals surface area (Å²) in [6.07, 6.45) is 6.70. The molecule has 0 fully saturated rings. The summed E-state index contributed by atoms with van der Waals surface area (Å²) in [5.41, 5.74) is 2.42. The van der Waals surface area contributed by atoms with E-state index in [0.717, 1.165) is 0 Å². The van der Waals surface area contributed by atoms with E-state index in [1.54, 1.807) is 36.7 Å². The molecular weight excluding hydrogens is 557 g/mol. The van der Waals surface area contributed by atoms with Crippen molar-refractivity contribution in [3.63, 3.8) is 0 Å². The summed E-state index contributed by atoms with van der Waals surface area (Å²) >= 11 is 0. The number of aromatic nitrogens is 6. The van der Waals surface area contributed by atoms with E-state index in [-0.39, 0.29) is 53.1 Å². The standard InChI is InChI=1S/C32H25F3N6O2/c33-24-7-3-1-5-19(24)20-6-2-4-8-30(42)29-17-41(40-39-29)16-23-21-11-12-36-27(21)14-26(35)31(23)43-18-9-10-25(34)22(13-18)32-37-15-28(20)38-32/h1,3,5,7,9-15,17,20,36H,2,4,6,8,16H2,(H,37,38). The molecule has 8 nitrogen and oxygen atoms in total. The van der Waals surface area contributed by atoms with Crippen LogP contribution >= 0.6 is 0 Å². The van der Waals surface area contributed by atoms with E-state index in [4.69, 9.17) is 4.74 Å². The highest BCUT2D eigenvalue weighted by molar-refractivity contribution is 5.93. The second-order valence-corrected chi connectivity index (χ2v) is 10.6. The second kappa shape index (κ2) is 10.9. The van der Waals surface area contributed by atoms with Gasteiger partial charge in [-0.05, 0) is 48.7 Å².